The van der Waals surface area contributed by atoms with Crippen LogP contribution in [0.15, 0.2) is 84.9 Å². The lowest BCUT2D eigenvalue weighted by molar-refractivity contribution is -0.143. The van der Waals surface area contributed by atoms with Gasteiger partial charge in [0.2, 0.25) is 17.7 Å². The van der Waals surface area contributed by atoms with E-state index in [1.54, 1.807) is 18.9 Å². The molecule has 3 aromatic carbocycles. The highest BCUT2D eigenvalue weighted by Crippen LogP contribution is 2.29. The Balaban J connectivity index is 1.62. The molecule has 0 radical (unpaired) electrons. The smallest absolute Gasteiger partial charge is 0.380 e. The van der Waals surface area contributed by atoms with Gasteiger partial charge in [-0.3, -0.25) is 14.4 Å². The van der Waals surface area contributed by atoms with Gasteiger partial charge < -0.3 is 24.3 Å². The number of rotatable bonds is 13. The number of nitrogens with zero attached hydrogens (tertiary/aromatic N) is 4. The molecule has 0 spiro atoms. The molecule has 3 amide bonds. The molecule has 1 heterocycles. The molecular formula is C37H43F3N4O4. The van der Waals surface area contributed by atoms with Crippen LogP contribution in [0.2, 0.25) is 0 Å². The van der Waals surface area contributed by atoms with E-state index in [0.717, 1.165) is 28.9 Å². The van der Waals surface area contributed by atoms with Crippen LogP contribution >= 0.6 is 0 Å². The predicted molar refractivity (Wildman–Crippen MR) is 180 cm³/mol. The van der Waals surface area contributed by atoms with Gasteiger partial charge in [0.05, 0.1) is 12.2 Å². The summed E-state index contributed by atoms with van der Waals surface area (Å²) < 4.78 is 44.7. The molecule has 48 heavy (non-hydrogen) atoms. The summed E-state index contributed by atoms with van der Waals surface area (Å²) in [6.07, 6.45) is -1.44. The minimum Gasteiger partial charge on any atom is -0.380 e. The van der Waals surface area contributed by atoms with Crippen LogP contribution in [0, 0.1) is 0 Å². The van der Waals surface area contributed by atoms with Crippen molar-refractivity contribution in [1.29, 1.82) is 0 Å². The number of carbonyl (C=O) groups excluding carboxylic acids is 3. The van der Waals surface area contributed by atoms with Crippen molar-refractivity contribution in [3.8, 4) is 0 Å². The van der Waals surface area contributed by atoms with Crippen molar-refractivity contribution in [2.45, 2.75) is 39.0 Å². The monoisotopic (exact) mass is 664 g/mol. The van der Waals surface area contributed by atoms with Crippen LogP contribution in [0.3, 0.4) is 0 Å². The molecule has 1 fully saturated rings. The van der Waals surface area contributed by atoms with E-state index < -0.39 is 23.7 Å². The lowest BCUT2D eigenvalue weighted by Gasteiger charge is -2.36. The van der Waals surface area contributed by atoms with Gasteiger partial charge in [0.15, 0.2) is 0 Å². The fourth-order valence-electron chi connectivity index (χ4n) is 5.56. The van der Waals surface area contributed by atoms with Gasteiger partial charge in [-0.05, 0) is 54.0 Å². The molecule has 4 rings (SSSR count). The van der Waals surface area contributed by atoms with Gasteiger partial charge in [-0.2, -0.15) is 13.2 Å². The van der Waals surface area contributed by atoms with Gasteiger partial charge in [-0.15, -0.1) is 0 Å². The fourth-order valence-corrected chi connectivity index (χ4v) is 5.56. The van der Waals surface area contributed by atoms with Crippen LogP contribution in [0.1, 0.15) is 36.1 Å². The van der Waals surface area contributed by atoms with Crippen molar-refractivity contribution in [1.82, 2.24) is 14.7 Å². The van der Waals surface area contributed by atoms with Gasteiger partial charge in [0.25, 0.3) is 0 Å². The van der Waals surface area contributed by atoms with Gasteiger partial charge in [0.1, 0.15) is 6.04 Å². The zero-order valence-corrected chi connectivity index (χ0v) is 27.7. The number of piperazine rings is 1. The first kappa shape index (κ1) is 36.2. The van der Waals surface area contributed by atoms with Crippen LogP contribution in [0.4, 0.5) is 18.9 Å². The van der Waals surface area contributed by atoms with Crippen LogP contribution in [0.25, 0.3) is 6.08 Å². The number of hydrogen-bond donors (Lipinski definition) is 0. The maximum Gasteiger partial charge on any atom is 0.416 e. The lowest BCUT2D eigenvalue weighted by atomic mass is 10.0. The summed E-state index contributed by atoms with van der Waals surface area (Å²) in [4.78, 5) is 46.9. The first-order valence-corrected chi connectivity index (χ1v) is 16.1. The molecule has 256 valence electrons. The lowest BCUT2D eigenvalue weighted by Crippen LogP contribution is -2.51. The van der Waals surface area contributed by atoms with Crippen molar-refractivity contribution in [2.75, 3.05) is 57.9 Å². The minimum atomic E-state index is -4.47. The molecule has 1 aliphatic rings. The van der Waals surface area contributed by atoms with Crippen molar-refractivity contribution in [3.05, 3.63) is 107 Å². The van der Waals surface area contributed by atoms with E-state index in [0.29, 0.717) is 51.5 Å². The molecule has 1 atom stereocenters. The Morgan fingerprint density at radius 3 is 2.12 bits per heavy atom. The second-order valence-corrected chi connectivity index (χ2v) is 11.7. The highest BCUT2D eigenvalue weighted by atomic mass is 19.4. The Morgan fingerprint density at radius 1 is 0.896 bits per heavy atom. The first-order chi connectivity index (χ1) is 23.0. The van der Waals surface area contributed by atoms with E-state index in [2.05, 4.69) is 4.90 Å². The van der Waals surface area contributed by atoms with E-state index in [9.17, 15) is 27.6 Å². The highest BCUT2D eigenvalue weighted by molar-refractivity contribution is 5.95. The Labute approximate surface area is 280 Å². The number of likely N-dealkylation sites (N-methyl/N-ethyl adjacent to an activating group) is 1. The van der Waals surface area contributed by atoms with Crippen LogP contribution in [0.5, 0.6) is 0 Å². The number of benzene rings is 3. The zero-order chi connectivity index (χ0) is 34.7. The van der Waals surface area contributed by atoms with Crippen molar-refractivity contribution < 1.29 is 32.3 Å². The molecule has 8 nitrogen and oxygen atoms in total. The number of halogens is 3. The summed E-state index contributed by atoms with van der Waals surface area (Å²) in [7, 11) is 1.68. The molecule has 3 aromatic rings. The second-order valence-electron chi connectivity index (χ2n) is 11.7. The summed E-state index contributed by atoms with van der Waals surface area (Å²) >= 11 is 0. The SMILES string of the molecule is CCOCCN(C)C(=O)C(Cc1ccccc1)N(Cc1ccc(N2CCN(C(C)=O)CC2)cc1)C(=O)C=Cc1ccc(C(F)(F)F)cc1. The van der Waals surface area contributed by atoms with E-state index in [1.807, 2.05) is 66.4 Å². The summed E-state index contributed by atoms with van der Waals surface area (Å²) in [6.45, 7) is 7.47. The Morgan fingerprint density at radius 2 is 1.54 bits per heavy atom. The van der Waals surface area contributed by atoms with Gasteiger partial charge in [-0.25, -0.2) is 0 Å². The average Bonchev–Trinajstić information content (AvgIpc) is 3.09. The third-order valence-electron chi connectivity index (χ3n) is 8.40. The summed E-state index contributed by atoms with van der Waals surface area (Å²) in [5.41, 5.74) is 2.32. The van der Waals surface area contributed by atoms with Crippen LogP contribution in [-0.2, 0) is 38.3 Å². The predicted octanol–water partition coefficient (Wildman–Crippen LogP) is 5.52. The van der Waals surface area contributed by atoms with Crippen LogP contribution < -0.4 is 4.90 Å². The largest absolute Gasteiger partial charge is 0.416 e. The number of anilines is 1. The Kier molecular flexibility index (Phi) is 12.8. The maximum absolute atomic E-state index is 14.0. The van der Waals surface area contributed by atoms with Gasteiger partial charge >= 0.3 is 6.18 Å². The maximum atomic E-state index is 14.0. The van der Waals surface area contributed by atoms with E-state index in [4.69, 9.17) is 4.74 Å². The number of amides is 3. The third-order valence-corrected chi connectivity index (χ3v) is 8.40. The van der Waals surface area contributed by atoms with E-state index in [1.165, 1.54) is 29.2 Å². The normalized spacial score (nSPS) is 14.2. The summed E-state index contributed by atoms with van der Waals surface area (Å²) in [5.74, 6) is -0.646. The molecule has 0 aromatic heterocycles. The Hall–Kier alpha value is -4.64. The molecule has 0 saturated carbocycles. The van der Waals surface area contributed by atoms with Crippen molar-refractivity contribution >= 4 is 29.5 Å². The molecular weight excluding hydrogens is 621 g/mol. The van der Waals surface area contributed by atoms with E-state index in [-0.39, 0.29) is 24.8 Å². The number of ether oxygens (including phenoxy) is 1. The number of hydrogen-bond acceptors (Lipinski definition) is 5. The molecule has 1 aliphatic heterocycles. The molecule has 0 aliphatic carbocycles. The quantitative estimate of drug-likeness (QED) is 0.178. The van der Waals surface area contributed by atoms with E-state index >= 15 is 0 Å². The topological polar surface area (TPSA) is 73.4 Å². The minimum absolute atomic E-state index is 0.0604. The van der Waals surface area contributed by atoms with Crippen molar-refractivity contribution in [2.24, 2.45) is 0 Å². The summed E-state index contributed by atoms with van der Waals surface area (Å²) in [6, 6.07) is 20.9. The fraction of sp³-hybridized carbons (Fsp3) is 0.378. The number of carbonyl (C=O) groups is 3. The zero-order valence-electron chi connectivity index (χ0n) is 27.7. The van der Waals surface area contributed by atoms with Crippen molar-refractivity contribution in [3.63, 3.8) is 0 Å². The first-order valence-electron chi connectivity index (χ1n) is 16.1. The third kappa shape index (κ3) is 10.2. The standard InChI is InChI=1S/C37H43F3N4O4/c1-4-48-25-24-41(3)36(47)34(26-30-8-6-5-7-9-30)44(35(46)19-14-29-10-15-32(16-11-29)37(38,39)40)27-31-12-17-33(18-13-31)43-22-20-42(21-23-43)28(2)45/h5-19,34H,4,20-27H2,1-3H3. The highest BCUT2D eigenvalue weighted by Gasteiger charge is 2.32. The molecule has 1 unspecified atom stereocenters. The number of alkyl halides is 3. The summed E-state index contributed by atoms with van der Waals surface area (Å²) in [5, 5.41) is 0. The van der Waals surface area contributed by atoms with Gasteiger partial charge in [0, 0.05) is 78.0 Å². The molecule has 0 bridgehead atoms. The van der Waals surface area contributed by atoms with Gasteiger partial charge in [-0.1, -0.05) is 54.6 Å². The second kappa shape index (κ2) is 17.0. The molecule has 11 heteroatoms. The average molecular weight is 665 g/mol. The van der Waals surface area contributed by atoms with Crippen LogP contribution in [-0.4, -0.2) is 91.4 Å². The molecule has 0 N–H and O–H groups in total. The Bertz CT molecular complexity index is 1520. The molecule has 1 saturated heterocycles.